The summed E-state index contributed by atoms with van der Waals surface area (Å²) >= 11 is 3.27. The number of aromatic nitrogens is 3. The molecule has 1 atom stereocenters. The van der Waals surface area contributed by atoms with Crippen LogP contribution < -0.4 is 16.0 Å². The highest BCUT2D eigenvalue weighted by Crippen LogP contribution is 2.34. The number of nitrogens with zero attached hydrogens (tertiary/aromatic N) is 4. The number of phenolic OH excluding ortho intramolecular Hbond substituents is 1. The molecule has 1 fully saturated rings. The first-order valence-corrected chi connectivity index (χ1v) is 13.9. The molecule has 0 radical (unpaired) electrons. The first kappa shape index (κ1) is 29.1. The zero-order valence-electron chi connectivity index (χ0n) is 22.9. The summed E-state index contributed by atoms with van der Waals surface area (Å²) in [6.07, 6.45) is 1.29. The molecule has 2 N–H and O–H groups in total. The van der Waals surface area contributed by atoms with Crippen LogP contribution in [0.5, 0.6) is 17.2 Å². The lowest BCUT2D eigenvalue weighted by atomic mass is 9.96. The lowest BCUT2D eigenvalue weighted by Crippen LogP contribution is -2.48. The lowest BCUT2D eigenvalue weighted by Gasteiger charge is -2.34. The van der Waals surface area contributed by atoms with Crippen LogP contribution in [0.15, 0.2) is 44.4 Å². The van der Waals surface area contributed by atoms with Crippen LogP contribution in [-0.4, -0.2) is 67.7 Å². The Labute approximate surface area is 239 Å². The van der Waals surface area contributed by atoms with Gasteiger partial charge in [0.2, 0.25) is 11.6 Å². The van der Waals surface area contributed by atoms with Gasteiger partial charge in [-0.15, -0.1) is 0 Å². The number of phenols is 1. The van der Waals surface area contributed by atoms with E-state index in [0.717, 1.165) is 4.68 Å². The Bertz CT molecular complexity index is 1540. The Kier molecular flexibility index (Phi) is 8.77. The molecule has 2 amide bonds. The monoisotopic (exact) mass is 613 g/mol. The van der Waals surface area contributed by atoms with Gasteiger partial charge in [-0.1, -0.05) is 0 Å². The van der Waals surface area contributed by atoms with Crippen LogP contribution in [0.1, 0.15) is 48.3 Å². The average molecular weight is 614 g/mol. The van der Waals surface area contributed by atoms with E-state index < -0.39 is 22.9 Å². The molecule has 4 rings (SSSR count). The van der Waals surface area contributed by atoms with Crippen LogP contribution in [-0.2, 0) is 4.79 Å². The van der Waals surface area contributed by atoms with E-state index in [2.05, 4.69) is 26.0 Å². The summed E-state index contributed by atoms with van der Waals surface area (Å²) in [4.78, 5) is 57.1. The SMILES string of the molecule is CCN(CC)C(=O)C1CCCN(C(=O)c2nn(-c3cc(C)c(Oc4ccc(O)c(Br)c4)c(C)c3)c(=O)[nH]c2=O)C1. The van der Waals surface area contributed by atoms with Crippen molar-refractivity contribution in [1.29, 1.82) is 0 Å². The maximum absolute atomic E-state index is 13.4. The molecule has 0 saturated carbocycles. The van der Waals surface area contributed by atoms with E-state index in [1.54, 1.807) is 43.0 Å². The molecule has 2 aromatic carbocycles. The fourth-order valence-corrected chi connectivity index (χ4v) is 5.26. The number of likely N-dealkylation sites (tertiary alicyclic amines) is 1. The molecule has 3 aromatic rings. The number of amides is 2. The number of hydrogen-bond acceptors (Lipinski definition) is 7. The van der Waals surface area contributed by atoms with Gasteiger partial charge < -0.3 is 19.6 Å². The number of benzene rings is 2. The molecule has 0 bridgehead atoms. The van der Waals surface area contributed by atoms with Gasteiger partial charge in [0.1, 0.15) is 17.2 Å². The van der Waals surface area contributed by atoms with E-state index in [1.165, 1.54) is 11.0 Å². The summed E-state index contributed by atoms with van der Waals surface area (Å²) < 4.78 is 7.49. The minimum atomic E-state index is -0.880. The Balaban J connectivity index is 1.63. The number of nitrogens with one attached hydrogen (secondary N) is 1. The highest BCUT2D eigenvalue weighted by atomic mass is 79.9. The second-order valence-electron chi connectivity index (χ2n) is 9.74. The number of aromatic hydroxyl groups is 1. The standard InChI is InChI=1S/C28H32BrN5O6/c1-5-32(6-2)26(37)18-8-7-11-33(15-18)27(38)23-25(36)30-28(39)34(31-23)19-12-16(3)24(17(4)13-19)40-20-9-10-22(35)21(29)14-20/h9-10,12-14,18,35H,5-8,11,15H2,1-4H3,(H,30,36,39). The molecular weight excluding hydrogens is 582 g/mol. The molecule has 1 aliphatic rings. The smallest absolute Gasteiger partial charge is 0.349 e. The summed E-state index contributed by atoms with van der Waals surface area (Å²) in [6, 6.07) is 8.09. The zero-order valence-corrected chi connectivity index (χ0v) is 24.4. The van der Waals surface area contributed by atoms with Crippen molar-refractivity contribution in [2.75, 3.05) is 26.2 Å². The van der Waals surface area contributed by atoms with E-state index in [9.17, 15) is 24.3 Å². The third kappa shape index (κ3) is 5.96. The van der Waals surface area contributed by atoms with Crippen molar-refractivity contribution in [2.45, 2.75) is 40.5 Å². The first-order chi connectivity index (χ1) is 19.0. The van der Waals surface area contributed by atoms with Crippen molar-refractivity contribution in [3.63, 3.8) is 0 Å². The van der Waals surface area contributed by atoms with Gasteiger partial charge in [0.15, 0.2) is 0 Å². The lowest BCUT2D eigenvalue weighted by molar-refractivity contribution is -0.136. The van der Waals surface area contributed by atoms with Crippen LogP contribution in [0.3, 0.4) is 0 Å². The summed E-state index contributed by atoms with van der Waals surface area (Å²) in [5, 5.41) is 13.9. The number of aromatic amines is 1. The van der Waals surface area contributed by atoms with E-state index in [1.807, 2.05) is 13.8 Å². The normalized spacial score (nSPS) is 15.1. The maximum Gasteiger partial charge on any atom is 0.349 e. The number of rotatable bonds is 7. The van der Waals surface area contributed by atoms with Gasteiger partial charge in [-0.2, -0.15) is 9.78 Å². The van der Waals surface area contributed by atoms with Crippen molar-refractivity contribution in [3.8, 4) is 22.9 Å². The van der Waals surface area contributed by atoms with Gasteiger partial charge in [-0.25, -0.2) is 4.79 Å². The van der Waals surface area contributed by atoms with Gasteiger partial charge in [-0.05, 0) is 97.9 Å². The molecule has 1 aliphatic heterocycles. The van der Waals surface area contributed by atoms with Gasteiger partial charge >= 0.3 is 5.69 Å². The first-order valence-electron chi connectivity index (χ1n) is 13.1. The predicted molar refractivity (Wildman–Crippen MR) is 152 cm³/mol. The number of ether oxygens (including phenoxy) is 1. The van der Waals surface area contributed by atoms with Crippen LogP contribution in [0.25, 0.3) is 5.69 Å². The molecule has 40 heavy (non-hydrogen) atoms. The molecule has 0 aliphatic carbocycles. The van der Waals surface area contributed by atoms with E-state index in [0.29, 0.717) is 65.3 Å². The summed E-state index contributed by atoms with van der Waals surface area (Å²) in [6.45, 7) is 9.16. The fraction of sp³-hybridized carbons (Fsp3) is 0.393. The van der Waals surface area contributed by atoms with Crippen molar-refractivity contribution >= 4 is 27.7 Å². The van der Waals surface area contributed by atoms with E-state index in [4.69, 9.17) is 4.74 Å². The second kappa shape index (κ2) is 12.1. The molecule has 12 heteroatoms. The zero-order chi connectivity index (χ0) is 29.1. The van der Waals surface area contributed by atoms with Gasteiger partial charge in [0, 0.05) is 26.2 Å². The predicted octanol–water partition coefficient (Wildman–Crippen LogP) is 3.52. The number of carbonyl (C=O) groups excluding carboxylic acids is 2. The van der Waals surface area contributed by atoms with Gasteiger partial charge in [0.25, 0.3) is 11.5 Å². The molecule has 11 nitrogen and oxygen atoms in total. The van der Waals surface area contributed by atoms with Crippen molar-refractivity contribution in [1.82, 2.24) is 24.6 Å². The Hall–Kier alpha value is -3.93. The van der Waals surface area contributed by atoms with Crippen LogP contribution in [0, 0.1) is 19.8 Å². The molecule has 1 unspecified atom stereocenters. The van der Waals surface area contributed by atoms with Crippen LogP contribution in [0.4, 0.5) is 0 Å². The topological polar surface area (TPSA) is 138 Å². The highest BCUT2D eigenvalue weighted by Gasteiger charge is 2.32. The third-order valence-corrected chi connectivity index (χ3v) is 7.63. The summed E-state index contributed by atoms with van der Waals surface area (Å²) in [7, 11) is 0. The minimum Gasteiger partial charge on any atom is -0.507 e. The van der Waals surface area contributed by atoms with Gasteiger partial charge in [0.05, 0.1) is 16.1 Å². The molecule has 1 saturated heterocycles. The fourth-order valence-electron chi connectivity index (χ4n) is 4.90. The largest absolute Gasteiger partial charge is 0.507 e. The second-order valence-corrected chi connectivity index (χ2v) is 10.6. The quantitative estimate of drug-likeness (QED) is 0.416. The van der Waals surface area contributed by atoms with E-state index in [-0.39, 0.29) is 24.1 Å². The molecule has 212 valence electrons. The number of H-pyrrole nitrogens is 1. The molecule has 0 spiro atoms. The van der Waals surface area contributed by atoms with Crippen molar-refractivity contribution in [3.05, 3.63) is 72.5 Å². The van der Waals surface area contributed by atoms with Gasteiger partial charge in [-0.3, -0.25) is 19.4 Å². The Morgan fingerprint density at radius 3 is 2.45 bits per heavy atom. The molecule has 2 heterocycles. The maximum atomic E-state index is 13.4. The van der Waals surface area contributed by atoms with E-state index >= 15 is 0 Å². The average Bonchev–Trinajstić information content (AvgIpc) is 2.93. The Morgan fingerprint density at radius 2 is 1.82 bits per heavy atom. The van der Waals surface area contributed by atoms with Crippen LogP contribution >= 0.6 is 15.9 Å². The Morgan fingerprint density at radius 1 is 1.15 bits per heavy atom. The number of halogens is 1. The number of carbonyl (C=O) groups is 2. The number of hydrogen-bond donors (Lipinski definition) is 2. The molecule has 1 aromatic heterocycles. The third-order valence-electron chi connectivity index (χ3n) is 6.99. The summed E-state index contributed by atoms with van der Waals surface area (Å²) in [5.74, 6) is 0.137. The van der Waals surface area contributed by atoms with Crippen molar-refractivity contribution in [2.24, 2.45) is 5.92 Å². The summed E-state index contributed by atoms with van der Waals surface area (Å²) in [5.41, 5.74) is -0.376. The van der Waals surface area contributed by atoms with Crippen molar-refractivity contribution < 1.29 is 19.4 Å². The minimum absolute atomic E-state index is 0.0118. The highest BCUT2D eigenvalue weighted by molar-refractivity contribution is 9.10. The number of piperidine rings is 1. The molecular formula is C28H32BrN5O6. The number of aryl methyl sites for hydroxylation is 2. The van der Waals surface area contributed by atoms with Crippen LogP contribution in [0.2, 0.25) is 0 Å².